The van der Waals surface area contributed by atoms with Crippen molar-refractivity contribution in [1.82, 2.24) is 4.90 Å². The number of ether oxygens (including phenoxy) is 1. The summed E-state index contributed by atoms with van der Waals surface area (Å²) in [6.45, 7) is 2.26. The highest BCUT2D eigenvalue weighted by atomic mass is 16.5. The zero-order valence-corrected chi connectivity index (χ0v) is 21.7. The van der Waals surface area contributed by atoms with Crippen LogP contribution in [0.25, 0.3) is 11.1 Å². The van der Waals surface area contributed by atoms with Crippen molar-refractivity contribution in [3.8, 4) is 11.1 Å². The quantitative estimate of drug-likeness (QED) is 0.347. The summed E-state index contributed by atoms with van der Waals surface area (Å²) >= 11 is 0. The molecule has 1 saturated heterocycles. The molecular weight excluding hydrogens is 490 g/mol. The number of rotatable bonds is 6. The third-order valence-corrected chi connectivity index (χ3v) is 6.85. The molecule has 7 heteroatoms. The number of amides is 2. The van der Waals surface area contributed by atoms with Crippen LogP contribution >= 0.6 is 0 Å². The van der Waals surface area contributed by atoms with Gasteiger partial charge in [-0.1, -0.05) is 60.7 Å². The second kappa shape index (κ2) is 11.6. The molecule has 1 aliphatic heterocycles. The van der Waals surface area contributed by atoms with Crippen molar-refractivity contribution in [2.75, 3.05) is 43.5 Å². The molecule has 0 bridgehead atoms. The second-order valence-corrected chi connectivity index (χ2v) is 9.27. The molecule has 1 fully saturated rings. The van der Waals surface area contributed by atoms with Crippen LogP contribution in [0.1, 0.15) is 31.1 Å². The first-order valence-corrected chi connectivity index (χ1v) is 12.8. The number of carbonyl (C=O) groups is 3. The topological polar surface area (TPSA) is 79.0 Å². The molecule has 2 amide bonds. The average molecular weight is 520 g/mol. The molecule has 0 saturated carbocycles. The highest BCUT2D eigenvalue weighted by Crippen LogP contribution is 2.30. The number of nitrogens with zero attached hydrogens (tertiary/aromatic N) is 2. The van der Waals surface area contributed by atoms with E-state index in [9.17, 15) is 14.4 Å². The fourth-order valence-corrected chi connectivity index (χ4v) is 4.71. The molecule has 0 spiro atoms. The van der Waals surface area contributed by atoms with E-state index in [1.54, 1.807) is 24.3 Å². The van der Waals surface area contributed by atoms with Gasteiger partial charge in [0.15, 0.2) is 0 Å². The molecule has 5 rings (SSSR count). The van der Waals surface area contributed by atoms with Crippen molar-refractivity contribution in [1.29, 1.82) is 0 Å². The minimum Gasteiger partial charge on any atom is -0.465 e. The molecule has 1 heterocycles. The summed E-state index contributed by atoms with van der Waals surface area (Å²) in [5.74, 6) is -0.762. The van der Waals surface area contributed by atoms with Crippen LogP contribution in [0.2, 0.25) is 0 Å². The summed E-state index contributed by atoms with van der Waals surface area (Å²) in [6.07, 6.45) is 0. The molecule has 1 aliphatic rings. The van der Waals surface area contributed by atoms with Crippen molar-refractivity contribution in [3.63, 3.8) is 0 Å². The van der Waals surface area contributed by atoms with Gasteiger partial charge in [-0.25, -0.2) is 4.79 Å². The lowest BCUT2D eigenvalue weighted by Crippen LogP contribution is -2.49. The van der Waals surface area contributed by atoms with Crippen LogP contribution in [0, 0.1) is 0 Å². The number of esters is 1. The maximum absolute atomic E-state index is 13.2. The van der Waals surface area contributed by atoms with Crippen LogP contribution < -0.4 is 10.2 Å². The van der Waals surface area contributed by atoms with Crippen molar-refractivity contribution in [2.45, 2.75) is 0 Å². The van der Waals surface area contributed by atoms with Gasteiger partial charge >= 0.3 is 5.97 Å². The number of nitrogens with one attached hydrogen (secondary N) is 1. The number of anilines is 2. The Morgan fingerprint density at radius 1 is 0.667 bits per heavy atom. The molecule has 0 unspecified atom stereocenters. The van der Waals surface area contributed by atoms with Crippen LogP contribution in [0.15, 0.2) is 103 Å². The van der Waals surface area contributed by atoms with Gasteiger partial charge in [0.25, 0.3) is 11.8 Å². The third kappa shape index (κ3) is 5.83. The van der Waals surface area contributed by atoms with Gasteiger partial charge in [0.1, 0.15) is 0 Å². The molecule has 7 nitrogen and oxygen atoms in total. The normalized spacial score (nSPS) is 13.1. The molecule has 196 valence electrons. The van der Waals surface area contributed by atoms with Crippen LogP contribution in [0.5, 0.6) is 0 Å². The molecular formula is C32H29N3O4. The first kappa shape index (κ1) is 25.7. The van der Waals surface area contributed by atoms with Gasteiger partial charge in [-0.05, 0) is 53.6 Å². The maximum Gasteiger partial charge on any atom is 0.337 e. The average Bonchev–Trinajstić information content (AvgIpc) is 3.01. The minimum atomic E-state index is -0.484. The zero-order chi connectivity index (χ0) is 27.2. The third-order valence-electron chi connectivity index (χ3n) is 6.85. The van der Waals surface area contributed by atoms with Crippen molar-refractivity contribution >= 4 is 29.2 Å². The lowest BCUT2D eigenvalue weighted by atomic mass is 10.0. The highest BCUT2D eigenvalue weighted by molar-refractivity contribution is 6.07. The number of methoxy groups -OCH3 is 1. The Bertz CT molecular complexity index is 1460. The molecule has 4 aromatic carbocycles. The number of carbonyl (C=O) groups excluding carboxylic acids is 3. The number of benzene rings is 4. The molecule has 4 aromatic rings. The smallest absolute Gasteiger partial charge is 0.337 e. The van der Waals surface area contributed by atoms with E-state index in [0.29, 0.717) is 48.6 Å². The monoisotopic (exact) mass is 519 g/mol. The summed E-state index contributed by atoms with van der Waals surface area (Å²) in [5, 5.41) is 2.99. The molecule has 0 aromatic heterocycles. The summed E-state index contributed by atoms with van der Waals surface area (Å²) in [4.78, 5) is 42.3. The van der Waals surface area contributed by atoms with E-state index in [1.807, 2.05) is 83.8 Å². The Hall–Kier alpha value is -4.91. The van der Waals surface area contributed by atoms with E-state index in [1.165, 1.54) is 7.11 Å². The Morgan fingerprint density at radius 3 is 1.90 bits per heavy atom. The van der Waals surface area contributed by atoms with Crippen molar-refractivity contribution < 1.29 is 19.1 Å². The molecule has 0 atom stereocenters. The van der Waals surface area contributed by atoms with Gasteiger partial charge in [-0.2, -0.15) is 0 Å². The predicted octanol–water partition coefficient (Wildman–Crippen LogP) is 5.35. The van der Waals surface area contributed by atoms with Gasteiger partial charge in [0.2, 0.25) is 0 Å². The molecule has 39 heavy (non-hydrogen) atoms. The Morgan fingerprint density at radius 2 is 1.26 bits per heavy atom. The van der Waals surface area contributed by atoms with Crippen molar-refractivity contribution in [2.24, 2.45) is 0 Å². The van der Waals surface area contributed by atoms with Crippen LogP contribution in [-0.2, 0) is 4.74 Å². The Labute approximate surface area is 227 Å². The molecule has 0 radical (unpaired) electrons. The number of piperazine rings is 1. The standard InChI is InChI=1S/C32H29N3O4/c1-39-32(38)27-16-17-29(34-18-20-35(21-19-34)31(37)26-10-6-3-7-11-26)28(22-27)33-30(36)25-14-12-24(13-15-25)23-8-4-2-5-9-23/h2-17,22H,18-21H2,1H3,(H,33,36). The maximum atomic E-state index is 13.2. The summed E-state index contributed by atoms with van der Waals surface area (Å²) in [6, 6.07) is 31.7. The Kier molecular flexibility index (Phi) is 7.68. The fourth-order valence-electron chi connectivity index (χ4n) is 4.71. The van der Waals surface area contributed by atoms with Crippen LogP contribution in [-0.4, -0.2) is 56.0 Å². The SMILES string of the molecule is COC(=O)c1ccc(N2CCN(C(=O)c3ccccc3)CC2)c(NC(=O)c2ccc(-c3ccccc3)cc2)c1. The van der Waals surface area contributed by atoms with Crippen LogP contribution in [0.3, 0.4) is 0 Å². The van der Waals surface area contributed by atoms with Gasteiger partial charge < -0.3 is 19.9 Å². The van der Waals surface area contributed by atoms with E-state index in [-0.39, 0.29) is 11.8 Å². The van der Waals surface area contributed by atoms with Crippen LogP contribution in [0.4, 0.5) is 11.4 Å². The van der Waals surface area contributed by atoms with Gasteiger partial charge in [-0.15, -0.1) is 0 Å². The van der Waals surface area contributed by atoms with E-state index in [2.05, 4.69) is 10.2 Å². The van der Waals surface area contributed by atoms with Gasteiger partial charge in [0, 0.05) is 37.3 Å². The van der Waals surface area contributed by atoms with E-state index >= 15 is 0 Å². The largest absolute Gasteiger partial charge is 0.465 e. The molecule has 0 aliphatic carbocycles. The lowest BCUT2D eigenvalue weighted by molar-refractivity contribution is 0.0600. The molecule has 1 N–H and O–H groups in total. The zero-order valence-electron chi connectivity index (χ0n) is 21.7. The van der Waals surface area contributed by atoms with E-state index in [0.717, 1.165) is 16.8 Å². The second-order valence-electron chi connectivity index (χ2n) is 9.27. The van der Waals surface area contributed by atoms with Gasteiger partial charge in [0.05, 0.1) is 24.0 Å². The first-order valence-electron chi connectivity index (χ1n) is 12.8. The lowest BCUT2D eigenvalue weighted by Gasteiger charge is -2.37. The van der Waals surface area contributed by atoms with E-state index < -0.39 is 5.97 Å². The van der Waals surface area contributed by atoms with E-state index in [4.69, 9.17) is 4.74 Å². The Balaban J connectivity index is 1.34. The number of hydrogen-bond donors (Lipinski definition) is 1. The van der Waals surface area contributed by atoms with Crippen molar-refractivity contribution in [3.05, 3.63) is 120 Å². The predicted molar refractivity (Wildman–Crippen MR) is 152 cm³/mol. The first-order chi connectivity index (χ1) is 19.0. The minimum absolute atomic E-state index is 0.00349. The number of hydrogen-bond acceptors (Lipinski definition) is 5. The summed E-state index contributed by atoms with van der Waals surface area (Å²) in [7, 11) is 1.33. The van der Waals surface area contributed by atoms with Gasteiger partial charge in [-0.3, -0.25) is 9.59 Å². The fraction of sp³-hybridized carbons (Fsp3) is 0.156. The summed E-state index contributed by atoms with van der Waals surface area (Å²) < 4.78 is 4.89. The summed E-state index contributed by atoms with van der Waals surface area (Å²) in [5.41, 5.74) is 4.89. The highest BCUT2D eigenvalue weighted by Gasteiger charge is 2.25.